The van der Waals surface area contributed by atoms with Crippen molar-refractivity contribution < 1.29 is 33.8 Å². The number of piperazine rings is 1. The van der Waals surface area contributed by atoms with Gasteiger partial charge in [-0.15, -0.1) is 0 Å². The number of carbonyl (C=O) groups excluding carboxylic acids is 3. The number of aliphatic carboxylic acids is 1. The number of alkyl carbamates (subject to hydrolysis) is 1. The van der Waals surface area contributed by atoms with Crippen LogP contribution >= 0.6 is 0 Å². The van der Waals surface area contributed by atoms with Gasteiger partial charge in [0.15, 0.2) is 0 Å². The van der Waals surface area contributed by atoms with Crippen LogP contribution in [0.3, 0.4) is 0 Å². The van der Waals surface area contributed by atoms with Gasteiger partial charge in [-0.05, 0) is 17.8 Å². The van der Waals surface area contributed by atoms with E-state index in [0.717, 1.165) is 12.8 Å². The van der Waals surface area contributed by atoms with E-state index in [1.54, 1.807) is 9.80 Å². The van der Waals surface area contributed by atoms with Gasteiger partial charge in [0.25, 0.3) is 0 Å². The summed E-state index contributed by atoms with van der Waals surface area (Å²) in [5.74, 6) is 0.191. The highest BCUT2D eigenvalue weighted by molar-refractivity contribution is 5.77. The third-order valence-electron chi connectivity index (χ3n) is 6.54. The first-order valence-corrected chi connectivity index (χ1v) is 12.0. The van der Waals surface area contributed by atoms with Crippen molar-refractivity contribution in [2.75, 3.05) is 45.9 Å². The number of nitrogens with zero attached hydrogens (tertiary/aromatic N) is 2. The summed E-state index contributed by atoms with van der Waals surface area (Å²) in [5.41, 5.74) is 0. The van der Waals surface area contributed by atoms with E-state index in [0.29, 0.717) is 37.5 Å². The van der Waals surface area contributed by atoms with Gasteiger partial charge in [-0.1, -0.05) is 39.5 Å². The van der Waals surface area contributed by atoms with Crippen molar-refractivity contribution in [3.8, 4) is 0 Å². The van der Waals surface area contributed by atoms with Crippen molar-refractivity contribution in [3.05, 3.63) is 0 Å². The number of rotatable bonds is 13. The van der Waals surface area contributed by atoms with Crippen molar-refractivity contribution in [1.82, 2.24) is 15.1 Å². The molecule has 2 rings (SSSR count). The summed E-state index contributed by atoms with van der Waals surface area (Å²) in [7, 11) is 0. The smallest absolute Gasteiger partial charge is 0.407 e. The lowest BCUT2D eigenvalue weighted by Crippen LogP contribution is -2.57. The Morgan fingerprint density at radius 3 is 2.21 bits per heavy atom. The summed E-state index contributed by atoms with van der Waals surface area (Å²) in [6, 6.07) is -0.383. The molecule has 1 aliphatic heterocycles. The summed E-state index contributed by atoms with van der Waals surface area (Å²) in [6.45, 7) is 7.10. The molecule has 10 nitrogen and oxygen atoms in total. The van der Waals surface area contributed by atoms with Gasteiger partial charge in [-0.2, -0.15) is 0 Å². The standard InChI is InChI=1S/C23H39N3O7/c1-4-6-18-19(7-5-2)20(18)15-33-23(31)24-9-8-21(28)26-11-10-25(13-22(29)30)17(12-26)14-32-16(3)27/h17-20H,4-15H2,1-3H3,(H,24,31)(H,29,30)/t17?,18-,19+,20-. The number of esters is 1. The molecule has 188 valence electrons. The maximum Gasteiger partial charge on any atom is 0.407 e. The highest BCUT2D eigenvalue weighted by Gasteiger charge is 2.48. The maximum absolute atomic E-state index is 12.6. The molecule has 1 saturated carbocycles. The molecule has 0 aromatic carbocycles. The molecule has 33 heavy (non-hydrogen) atoms. The van der Waals surface area contributed by atoms with E-state index in [4.69, 9.17) is 14.6 Å². The lowest BCUT2D eigenvalue weighted by Gasteiger charge is -2.40. The molecule has 2 amide bonds. The van der Waals surface area contributed by atoms with Crippen LogP contribution in [0.5, 0.6) is 0 Å². The van der Waals surface area contributed by atoms with Gasteiger partial charge in [0, 0.05) is 39.5 Å². The molecule has 1 heterocycles. The van der Waals surface area contributed by atoms with E-state index in [1.807, 2.05) is 0 Å². The zero-order valence-corrected chi connectivity index (χ0v) is 20.1. The molecular weight excluding hydrogens is 430 g/mol. The van der Waals surface area contributed by atoms with Gasteiger partial charge in [0.1, 0.15) is 6.61 Å². The summed E-state index contributed by atoms with van der Waals surface area (Å²) in [5, 5.41) is 11.7. The average molecular weight is 470 g/mol. The summed E-state index contributed by atoms with van der Waals surface area (Å²) in [6.07, 6.45) is 4.25. The highest BCUT2D eigenvalue weighted by Crippen LogP contribution is 2.51. The zero-order valence-electron chi connectivity index (χ0n) is 20.1. The molecule has 0 bridgehead atoms. The highest BCUT2D eigenvalue weighted by atomic mass is 16.5. The first-order chi connectivity index (χ1) is 15.8. The second-order valence-electron chi connectivity index (χ2n) is 9.00. The van der Waals surface area contributed by atoms with Crippen LogP contribution in [0.15, 0.2) is 0 Å². The van der Waals surface area contributed by atoms with E-state index in [1.165, 1.54) is 19.8 Å². The normalized spacial score (nSPS) is 24.8. The summed E-state index contributed by atoms with van der Waals surface area (Å²) < 4.78 is 10.4. The fraction of sp³-hybridized carbons (Fsp3) is 0.826. The number of hydrogen-bond donors (Lipinski definition) is 2. The van der Waals surface area contributed by atoms with E-state index in [2.05, 4.69) is 19.2 Å². The number of carbonyl (C=O) groups is 4. The molecule has 0 radical (unpaired) electrons. The molecule has 2 aliphatic rings. The van der Waals surface area contributed by atoms with Crippen LogP contribution < -0.4 is 5.32 Å². The third-order valence-corrected chi connectivity index (χ3v) is 6.54. The number of carboxylic acid groups (broad SMARTS) is 1. The fourth-order valence-corrected chi connectivity index (χ4v) is 4.82. The second kappa shape index (κ2) is 13.4. The Morgan fingerprint density at radius 2 is 1.64 bits per heavy atom. The number of nitrogens with one attached hydrogen (secondary N) is 1. The van der Waals surface area contributed by atoms with Crippen LogP contribution in [-0.4, -0.2) is 90.8 Å². The lowest BCUT2D eigenvalue weighted by molar-refractivity contribution is -0.146. The van der Waals surface area contributed by atoms with Crippen LogP contribution in [0.4, 0.5) is 4.79 Å². The molecule has 4 atom stereocenters. The Morgan fingerprint density at radius 1 is 0.970 bits per heavy atom. The quantitative estimate of drug-likeness (QED) is 0.391. The lowest BCUT2D eigenvalue weighted by atomic mass is 10.1. The molecule has 0 aromatic heterocycles. The Kier molecular flexibility index (Phi) is 10.9. The van der Waals surface area contributed by atoms with Crippen molar-refractivity contribution in [2.24, 2.45) is 17.8 Å². The Labute approximate surface area is 195 Å². The Bertz CT molecular complexity index is 675. The van der Waals surface area contributed by atoms with E-state index >= 15 is 0 Å². The SMILES string of the molecule is CCC[C@@H]1[C@H](CCC)[C@@H]1COC(=O)NCCC(=O)N1CCN(CC(=O)O)C(COC(C)=O)C1. The monoisotopic (exact) mass is 469 g/mol. The molecule has 1 aliphatic carbocycles. The Balaban J connectivity index is 1.71. The van der Waals surface area contributed by atoms with Crippen LogP contribution in [0.1, 0.15) is 52.9 Å². The molecule has 2 fully saturated rings. The number of amides is 2. The number of ether oxygens (including phenoxy) is 2. The largest absolute Gasteiger partial charge is 0.480 e. The first kappa shape index (κ1) is 26.9. The predicted molar refractivity (Wildman–Crippen MR) is 120 cm³/mol. The molecule has 1 unspecified atom stereocenters. The number of carboxylic acids is 1. The topological polar surface area (TPSA) is 125 Å². The van der Waals surface area contributed by atoms with Crippen LogP contribution in [-0.2, 0) is 23.9 Å². The van der Waals surface area contributed by atoms with Gasteiger partial charge >= 0.3 is 18.0 Å². The second-order valence-corrected chi connectivity index (χ2v) is 9.00. The zero-order chi connectivity index (χ0) is 24.4. The van der Waals surface area contributed by atoms with Crippen molar-refractivity contribution >= 4 is 23.9 Å². The minimum absolute atomic E-state index is 0.0240. The third kappa shape index (κ3) is 8.83. The van der Waals surface area contributed by atoms with E-state index in [9.17, 15) is 19.2 Å². The van der Waals surface area contributed by atoms with Crippen LogP contribution in [0.2, 0.25) is 0 Å². The van der Waals surface area contributed by atoms with Crippen molar-refractivity contribution in [2.45, 2.75) is 58.9 Å². The molecule has 2 N–H and O–H groups in total. The van der Waals surface area contributed by atoms with Crippen LogP contribution in [0, 0.1) is 17.8 Å². The van der Waals surface area contributed by atoms with Gasteiger partial charge < -0.3 is 24.8 Å². The first-order valence-electron chi connectivity index (χ1n) is 12.0. The van der Waals surface area contributed by atoms with E-state index < -0.39 is 18.0 Å². The molecule has 0 aromatic rings. The van der Waals surface area contributed by atoms with Gasteiger partial charge in [0.05, 0.1) is 19.2 Å². The van der Waals surface area contributed by atoms with Gasteiger partial charge in [0.2, 0.25) is 5.91 Å². The molecular formula is C23H39N3O7. The fourth-order valence-electron chi connectivity index (χ4n) is 4.82. The molecule has 0 spiro atoms. The van der Waals surface area contributed by atoms with Gasteiger partial charge in [-0.25, -0.2) is 4.79 Å². The predicted octanol–water partition coefficient (Wildman–Crippen LogP) is 1.73. The number of hydrogen-bond acceptors (Lipinski definition) is 7. The minimum Gasteiger partial charge on any atom is -0.480 e. The Hall–Kier alpha value is -2.36. The average Bonchev–Trinajstić information content (AvgIpc) is 3.41. The maximum atomic E-state index is 12.6. The van der Waals surface area contributed by atoms with Crippen LogP contribution in [0.25, 0.3) is 0 Å². The summed E-state index contributed by atoms with van der Waals surface area (Å²) in [4.78, 5) is 50.2. The minimum atomic E-state index is -0.974. The van der Waals surface area contributed by atoms with Gasteiger partial charge in [-0.3, -0.25) is 19.3 Å². The molecule has 10 heteroatoms. The van der Waals surface area contributed by atoms with Crippen molar-refractivity contribution in [3.63, 3.8) is 0 Å². The van der Waals surface area contributed by atoms with Crippen molar-refractivity contribution in [1.29, 1.82) is 0 Å². The summed E-state index contributed by atoms with van der Waals surface area (Å²) >= 11 is 0. The molecule has 1 saturated heterocycles. The van der Waals surface area contributed by atoms with E-state index in [-0.39, 0.29) is 44.6 Å².